The summed E-state index contributed by atoms with van der Waals surface area (Å²) >= 11 is 13.6. The summed E-state index contributed by atoms with van der Waals surface area (Å²) in [7, 11) is 1.81. The lowest BCUT2D eigenvalue weighted by atomic mass is 10.1. The van der Waals surface area contributed by atoms with Gasteiger partial charge in [0.2, 0.25) is 0 Å². The molecule has 3 aromatic carbocycles. The van der Waals surface area contributed by atoms with Gasteiger partial charge in [-0.25, -0.2) is 0 Å². The fourth-order valence-electron chi connectivity index (χ4n) is 3.54. The van der Waals surface area contributed by atoms with Gasteiger partial charge in [-0.1, -0.05) is 28.1 Å². The Morgan fingerprint density at radius 2 is 1.63 bits per heavy atom. The maximum Gasteiger partial charge on any atom is 0.281 e. The molecule has 5 nitrogen and oxygen atoms in total. The average Bonchev–Trinajstić information content (AvgIpc) is 3.03. The normalized spacial score (nSPS) is 14.7. The molecule has 1 saturated heterocycles. The minimum Gasteiger partial charge on any atom is -0.494 e. The molecule has 0 saturated carbocycles. The van der Waals surface area contributed by atoms with E-state index in [2.05, 4.69) is 61.1 Å². The number of hydrogen-bond donors (Lipinski definition) is 0. The lowest BCUT2D eigenvalue weighted by Crippen LogP contribution is -2.31. The van der Waals surface area contributed by atoms with Crippen molar-refractivity contribution in [3.63, 3.8) is 0 Å². The third kappa shape index (κ3) is 6.00. The van der Waals surface area contributed by atoms with Crippen LogP contribution in [0.15, 0.2) is 70.8 Å². The summed E-state index contributed by atoms with van der Waals surface area (Å²) < 4.78 is 14.6. The van der Waals surface area contributed by atoms with Crippen molar-refractivity contribution in [3.8, 4) is 11.5 Å². The molecular weight excluding hydrogens is 754 g/mol. The molecular formula is C26H21BrI2N2O3S. The highest BCUT2D eigenvalue weighted by Crippen LogP contribution is 2.33. The average molecular weight is 775 g/mol. The SMILES string of the molecule is CCOc1ccc(N2C(=O)/C(=C/c3cc(I)c(OCc4ccc(Br)cc4)c(I)c3)N(C)C2=S)cc1. The molecule has 0 radical (unpaired) electrons. The molecule has 0 N–H and O–H groups in total. The van der Waals surface area contributed by atoms with Gasteiger partial charge in [-0.2, -0.15) is 0 Å². The van der Waals surface area contributed by atoms with Crippen molar-refractivity contribution in [2.45, 2.75) is 13.5 Å². The Balaban J connectivity index is 1.55. The molecule has 0 atom stereocenters. The van der Waals surface area contributed by atoms with E-state index in [1.807, 2.05) is 80.7 Å². The van der Waals surface area contributed by atoms with Crippen molar-refractivity contribution >= 4 is 96.1 Å². The molecule has 3 aromatic rings. The molecule has 1 heterocycles. The third-order valence-electron chi connectivity index (χ3n) is 5.29. The number of carbonyl (C=O) groups is 1. The fraction of sp³-hybridized carbons (Fsp3) is 0.154. The van der Waals surface area contributed by atoms with Gasteiger partial charge < -0.3 is 14.4 Å². The van der Waals surface area contributed by atoms with E-state index in [-0.39, 0.29) is 5.91 Å². The summed E-state index contributed by atoms with van der Waals surface area (Å²) in [6.45, 7) is 3.00. The number of hydrogen-bond acceptors (Lipinski definition) is 4. The third-order valence-corrected chi connectivity index (χ3v) is 7.88. The zero-order valence-corrected chi connectivity index (χ0v) is 25.6. The van der Waals surface area contributed by atoms with E-state index in [4.69, 9.17) is 21.7 Å². The molecule has 0 aliphatic carbocycles. The van der Waals surface area contributed by atoms with E-state index in [9.17, 15) is 4.79 Å². The van der Waals surface area contributed by atoms with Crippen LogP contribution in [0.5, 0.6) is 11.5 Å². The highest BCUT2D eigenvalue weighted by molar-refractivity contribution is 14.1. The second-order valence-corrected chi connectivity index (χ2v) is 11.3. The number of carbonyl (C=O) groups excluding carboxylic acids is 1. The van der Waals surface area contributed by atoms with E-state index in [0.29, 0.717) is 29.7 Å². The first kappa shape index (κ1) is 26.4. The van der Waals surface area contributed by atoms with Crippen LogP contribution in [0.3, 0.4) is 0 Å². The molecule has 35 heavy (non-hydrogen) atoms. The van der Waals surface area contributed by atoms with Gasteiger partial charge in [0.25, 0.3) is 5.91 Å². The van der Waals surface area contributed by atoms with Gasteiger partial charge in [0.15, 0.2) is 5.11 Å². The highest BCUT2D eigenvalue weighted by atomic mass is 127. The van der Waals surface area contributed by atoms with Crippen molar-refractivity contribution in [1.82, 2.24) is 4.90 Å². The van der Waals surface area contributed by atoms with Crippen LogP contribution in [0.4, 0.5) is 5.69 Å². The lowest BCUT2D eigenvalue weighted by molar-refractivity contribution is -0.114. The molecule has 0 spiro atoms. The zero-order chi connectivity index (χ0) is 25.1. The minimum atomic E-state index is -0.165. The van der Waals surface area contributed by atoms with Crippen molar-refractivity contribution in [2.24, 2.45) is 0 Å². The summed E-state index contributed by atoms with van der Waals surface area (Å²) in [5.74, 6) is 1.42. The number of amides is 1. The van der Waals surface area contributed by atoms with E-state index < -0.39 is 0 Å². The van der Waals surface area contributed by atoms with Crippen molar-refractivity contribution < 1.29 is 14.3 Å². The Morgan fingerprint density at radius 3 is 2.23 bits per heavy atom. The van der Waals surface area contributed by atoms with E-state index in [0.717, 1.165) is 34.2 Å². The molecule has 1 aliphatic rings. The first-order chi connectivity index (χ1) is 16.8. The number of ether oxygens (including phenoxy) is 2. The van der Waals surface area contributed by atoms with Crippen molar-refractivity contribution in [1.29, 1.82) is 0 Å². The van der Waals surface area contributed by atoms with Gasteiger partial charge in [-0.15, -0.1) is 0 Å². The molecule has 0 aromatic heterocycles. The number of thiocarbonyl (C=S) groups is 1. The first-order valence-electron chi connectivity index (χ1n) is 10.7. The van der Waals surface area contributed by atoms with E-state index in [1.165, 1.54) is 0 Å². The van der Waals surface area contributed by atoms with Crippen LogP contribution < -0.4 is 14.4 Å². The van der Waals surface area contributed by atoms with Crippen LogP contribution in [-0.2, 0) is 11.4 Å². The molecule has 180 valence electrons. The maximum atomic E-state index is 13.3. The molecule has 0 bridgehead atoms. The van der Waals surface area contributed by atoms with E-state index in [1.54, 1.807) is 9.80 Å². The number of benzene rings is 3. The van der Waals surface area contributed by atoms with Gasteiger partial charge in [0.1, 0.15) is 23.8 Å². The predicted octanol–water partition coefficient (Wildman–Crippen LogP) is 7.24. The Labute approximate surface area is 245 Å². The quantitative estimate of drug-likeness (QED) is 0.144. The summed E-state index contributed by atoms with van der Waals surface area (Å²) in [6.07, 6.45) is 1.87. The summed E-state index contributed by atoms with van der Waals surface area (Å²) in [6, 6.07) is 19.5. The van der Waals surface area contributed by atoms with Crippen molar-refractivity contribution in [3.05, 3.63) is 89.1 Å². The van der Waals surface area contributed by atoms with Crippen LogP contribution in [0.1, 0.15) is 18.1 Å². The van der Waals surface area contributed by atoms with E-state index >= 15 is 0 Å². The van der Waals surface area contributed by atoms with Gasteiger partial charge in [0, 0.05) is 11.5 Å². The molecule has 0 unspecified atom stereocenters. The van der Waals surface area contributed by atoms with Gasteiger partial charge >= 0.3 is 0 Å². The van der Waals surface area contributed by atoms with Crippen LogP contribution in [0.25, 0.3) is 6.08 Å². The second kappa shape index (κ2) is 11.6. The Hall–Kier alpha value is -1.70. The zero-order valence-electron chi connectivity index (χ0n) is 18.9. The molecule has 1 fully saturated rings. The molecule has 4 rings (SSSR count). The highest BCUT2D eigenvalue weighted by Gasteiger charge is 2.36. The monoisotopic (exact) mass is 774 g/mol. The van der Waals surface area contributed by atoms with Crippen molar-refractivity contribution in [2.75, 3.05) is 18.6 Å². The fourth-order valence-corrected chi connectivity index (χ4v) is 6.22. The summed E-state index contributed by atoms with van der Waals surface area (Å²) in [4.78, 5) is 16.6. The summed E-state index contributed by atoms with van der Waals surface area (Å²) in [5.41, 5.74) is 3.21. The van der Waals surface area contributed by atoms with Crippen LogP contribution in [0, 0.1) is 7.14 Å². The number of rotatable bonds is 7. The Morgan fingerprint density at radius 1 is 1.00 bits per heavy atom. The Bertz CT molecular complexity index is 1270. The second-order valence-electron chi connectivity index (χ2n) is 7.67. The number of nitrogens with zero attached hydrogens (tertiary/aromatic N) is 2. The minimum absolute atomic E-state index is 0.165. The topological polar surface area (TPSA) is 42.0 Å². The smallest absolute Gasteiger partial charge is 0.281 e. The molecule has 1 amide bonds. The number of anilines is 1. The largest absolute Gasteiger partial charge is 0.494 e. The summed E-state index contributed by atoms with van der Waals surface area (Å²) in [5, 5.41) is 0.434. The van der Waals surface area contributed by atoms with Crippen LogP contribution in [0.2, 0.25) is 0 Å². The molecule has 1 aliphatic heterocycles. The Kier molecular flexibility index (Phi) is 8.71. The number of halogens is 3. The van der Waals surface area contributed by atoms with Gasteiger partial charge in [-0.05, 0) is 130 Å². The maximum absolute atomic E-state index is 13.3. The first-order valence-corrected chi connectivity index (χ1v) is 14.1. The van der Waals surface area contributed by atoms with Gasteiger partial charge in [-0.3, -0.25) is 9.69 Å². The standard InChI is InChI=1S/C26H21BrI2N2O3S/c1-3-33-20-10-8-19(9-11-20)31-25(32)23(30(2)26(31)35)14-17-12-21(28)24(22(29)13-17)34-15-16-4-6-18(27)7-5-16/h4-14H,3,15H2,1-2H3/b23-14-. The lowest BCUT2D eigenvalue weighted by Gasteiger charge is -2.16. The van der Waals surface area contributed by atoms with Crippen LogP contribution in [-0.4, -0.2) is 29.6 Å². The predicted molar refractivity (Wildman–Crippen MR) is 164 cm³/mol. The number of likely N-dealkylation sites (N-methyl/N-ethyl adjacent to an activating group) is 1. The molecule has 9 heteroatoms. The van der Waals surface area contributed by atoms with Crippen LogP contribution >= 0.6 is 73.3 Å². The van der Waals surface area contributed by atoms with Gasteiger partial charge in [0.05, 0.1) is 19.4 Å².